The third-order valence-electron chi connectivity index (χ3n) is 2.18. The molecule has 0 saturated heterocycles. The Morgan fingerprint density at radius 3 is 2.68 bits per heavy atom. The first-order chi connectivity index (χ1) is 8.95. The summed E-state index contributed by atoms with van der Waals surface area (Å²) in [5, 5.41) is 11.2. The zero-order chi connectivity index (χ0) is 14.4. The Morgan fingerprint density at radius 1 is 1.42 bits per heavy atom. The number of anilines is 1. The molecule has 0 atom stereocenters. The minimum Gasteiger partial charge on any atom is -0.447 e. The summed E-state index contributed by atoms with van der Waals surface area (Å²) >= 11 is 5.91. The largest absolute Gasteiger partial charge is 0.447 e. The fraction of sp³-hybridized carbons (Fsp3) is 0.333. The number of amides is 2. The Bertz CT molecular complexity index is 477. The van der Waals surface area contributed by atoms with Crippen molar-refractivity contribution in [1.29, 1.82) is 0 Å². The highest BCUT2D eigenvalue weighted by Crippen LogP contribution is 2.23. The summed E-state index contributed by atoms with van der Waals surface area (Å²) < 4.78 is 4.64. The molecule has 0 aliphatic heterocycles. The number of rotatable bonds is 4. The van der Waals surface area contributed by atoms with Crippen molar-refractivity contribution in [2.45, 2.75) is 0 Å². The maximum atomic E-state index is 11.8. The third-order valence-corrected chi connectivity index (χ3v) is 2.51. The molecule has 1 aromatic carbocycles. The van der Waals surface area contributed by atoms with Crippen molar-refractivity contribution in [2.75, 3.05) is 32.6 Å². The van der Waals surface area contributed by atoms with Crippen LogP contribution in [0, 0.1) is 0 Å². The Morgan fingerprint density at radius 2 is 2.11 bits per heavy atom. The molecule has 0 unspecified atom stereocenters. The predicted molar refractivity (Wildman–Crippen MR) is 71.5 cm³/mol. The summed E-state index contributed by atoms with van der Waals surface area (Å²) in [7, 11) is 3.25. The summed E-state index contributed by atoms with van der Waals surface area (Å²) in [6.45, 7) is -0.375. The van der Waals surface area contributed by atoms with E-state index in [1.807, 2.05) is 0 Å². The highest BCUT2D eigenvalue weighted by atomic mass is 35.5. The van der Waals surface area contributed by atoms with Crippen LogP contribution >= 0.6 is 11.6 Å². The monoisotopic (exact) mass is 286 g/mol. The van der Waals surface area contributed by atoms with E-state index in [4.69, 9.17) is 16.7 Å². The number of carbonyl (C=O) groups is 2. The van der Waals surface area contributed by atoms with E-state index in [0.717, 1.165) is 0 Å². The van der Waals surface area contributed by atoms with E-state index in [-0.39, 0.29) is 29.8 Å². The zero-order valence-electron chi connectivity index (χ0n) is 10.6. The first kappa shape index (κ1) is 15.3. The molecule has 0 aliphatic carbocycles. The summed E-state index contributed by atoms with van der Waals surface area (Å²) in [5.41, 5.74) is 0.671. The smallest absolute Gasteiger partial charge is 0.411 e. The van der Waals surface area contributed by atoms with Crippen LogP contribution in [0.25, 0.3) is 0 Å². The molecule has 0 fully saturated rings. The molecule has 104 valence electrons. The molecular weight excluding hydrogens is 272 g/mol. The van der Waals surface area contributed by atoms with Crippen molar-refractivity contribution in [3.8, 4) is 0 Å². The van der Waals surface area contributed by atoms with Gasteiger partial charge in [0.1, 0.15) is 6.61 Å². The van der Waals surface area contributed by atoms with Crippen LogP contribution in [0.15, 0.2) is 18.2 Å². The lowest BCUT2D eigenvalue weighted by Gasteiger charge is -2.12. The molecule has 0 bridgehead atoms. The lowest BCUT2D eigenvalue weighted by atomic mass is 10.2. The SMILES string of the molecule is CN(C)C(=O)c1ccc(Cl)c(NC(=O)OCCO)c1. The van der Waals surface area contributed by atoms with Crippen LogP contribution in [0.1, 0.15) is 10.4 Å². The van der Waals surface area contributed by atoms with Gasteiger partial charge in [0.15, 0.2) is 0 Å². The summed E-state index contributed by atoms with van der Waals surface area (Å²) in [4.78, 5) is 24.5. The zero-order valence-corrected chi connectivity index (χ0v) is 11.4. The van der Waals surface area contributed by atoms with Gasteiger partial charge in [-0.3, -0.25) is 10.1 Å². The van der Waals surface area contributed by atoms with Gasteiger partial charge in [0, 0.05) is 19.7 Å². The maximum absolute atomic E-state index is 11.8. The Labute approximate surface area is 115 Å². The van der Waals surface area contributed by atoms with Gasteiger partial charge in [-0.05, 0) is 18.2 Å². The van der Waals surface area contributed by atoms with Crippen molar-refractivity contribution in [3.05, 3.63) is 28.8 Å². The average Bonchev–Trinajstić information content (AvgIpc) is 2.38. The van der Waals surface area contributed by atoms with Gasteiger partial charge in [-0.2, -0.15) is 0 Å². The maximum Gasteiger partial charge on any atom is 0.411 e. The van der Waals surface area contributed by atoms with Gasteiger partial charge >= 0.3 is 6.09 Å². The number of aliphatic hydroxyl groups excluding tert-OH is 1. The average molecular weight is 287 g/mol. The van der Waals surface area contributed by atoms with Crippen molar-refractivity contribution >= 4 is 29.3 Å². The standard InChI is InChI=1S/C12H15ClN2O4/c1-15(2)11(17)8-3-4-9(13)10(7-8)14-12(18)19-6-5-16/h3-4,7,16H,5-6H2,1-2H3,(H,14,18). The van der Waals surface area contributed by atoms with Crippen molar-refractivity contribution < 1.29 is 19.4 Å². The first-order valence-electron chi connectivity index (χ1n) is 5.51. The number of benzene rings is 1. The summed E-state index contributed by atoms with van der Waals surface area (Å²) in [6, 6.07) is 4.54. The van der Waals surface area contributed by atoms with Gasteiger partial charge in [-0.1, -0.05) is 11.6 Å². The number of halogens is 1. The fourth-order valence-corrected chi connectivity index (χ4v) is 1.46. The second-order valence-electron chi connectivity index (χ2n) is 3.88. The van der Waals surface area contributed by atoms with Gasteiger partial charge < -0.3 is 14.7 Å². The molecule has 0 heterocycles. The van der Waals surface area contributed by atoms with Crippen LogP contribution in [0.5, 0.6) is 0 Å². The topological polar surface area (TPSA) is 78.9 Å². The van der Waals surface area contributed by atoms with E-state index in [9.17, 15) is 9.59 Å². The lowest BCUT2D eigenvalue weighted by Crippen LogP contribution is -2.22. The number of hydrogen-bond acceptors (Lipinski definition) is 4. The normalized spacial score (nSPS) is 9.89. The van der Waals surface area contributed by atoms with E-state index in [1.165, 1.54) is 17.0 Å². The van der Waals surface area contributed by atoms with Crippen molar-refractivity contribution in [2.24, 2.45) is 0 Å². The van der Waals surface area contributed by atoms with Gasteiger partial charge in [0.05, 0.1) is 17.3 Å². The van der Waals surface area contributed by atoms with E-state index in [1.54, 1.807) is 20.2 Å². The molecule has 7 heteroatoms. The molecule has 0 aromatic heterocycles. The highest BCUT2D eigenvalue weighted by molar-refractivity contribution is 6.33. The highest BCUT2D eigenvalue weighted by Gasteiger charge is 2.12. The van der Waals surface area contributed by atoms with Gasteiger partial charge in [-0.15, -0.1) is 0 Å². The third kappa shape index (κ3) is 4.42. The molecule has 6 nitrogen and oxygen atoms in total. The van der Waals surface area contributed by atoms with Crippen molar-refractivity contribution in [3.63, 3.8) is 0 Å². The van der Waals surface area contributed by atoms with Crippen LogP contribution in [0.3, 0.4) is 0 Å². The molecule has 1 aromatic rings. The van der Waals surface area contributed by atoms with Crippen molar-refractivity contribution in [1.82, 2.24) is 4.90 Å². The molecule has 0 aliphatic rings. The second kappa shape index (κ2) is 6.96. The first-order valence-corrected chi connectivity index (χ1v) is 5.89. The number of nitrogens with one attached hydrogen (secondary N) is 1. The van der Waals surface area contributed by atoms with Crippen LogP contribution in [0.2, 0.25) is 5.02 Å². The Hall–Kier alpha value is -1.79. The minimum absolute atomic E-state index is 0.111. The van der Waals surface area contributed by atoms with E-state index in [2.05, 4.69) is 10.1 Å². The Balaban J connectivity index is 2.86. The molecular formula is C12H15ClN2O4. The van der Waals surface area contributed by atoms with Gasteiger partial charge in [-0.25, -0.2) is 4.79 Å². The number of ether oxygens (including phenoxy) is 1. The molecule has 2 amide bonds. The molecule has 1 rings (SSSR count). The van der Waals surface area contributed by atoms with E-state index < -0.39 is 6.09 Å². The van der Waals surface area contributed by atoms with Crippen LogP contribution in [-0.4, -0.2) is 49.3 Å². The van der Waals surface area contributed by atoms with Crippen LogP contribution < -0.4 is 5.32 Å². The van der Waals surface area contributed by atoms with Gasteiger partial charge in [0.2, 0.25) is 0 Å². The number of carbonyl (C=O) groups excluding carboxylic acids is 2. The van der Waals surface area contributed by atoms with Crippen LogP contribution in [-0.2, 0) is 4.74 Å². The van der Waals surface area contributed by atoms with E-state index >= 15 is 0 Å². The predicted octanol–water partition coefficient (Wildman–Crippen LogP) is 1.58. The second-order valence-corrected chi connectivity index (χ2v) is 4.29. The van der Waals surface area contributed by atoms with Gasteiger partial charge in [0.25, 0.3) is 5.91 Å². The summed E-state index contributed by atoms with van der Waals surface area (Å²) in [6.07, 6.45) is -0.745. The molecule has 19 heavy (non-hydrogen) atoms. The Kier molecular flexibility index (Phi) is 5.59. The number of aliphatic hydroxyl groups is 1. The quantitative estimate of drug-likeness (QED) is 0.881. The number of hydrogen-bond donors (Lipinski definition) is 2. The van der Waals surface area contributed by atoms with Crippen LogP contribution in [0.4, 0.5) is 10.5 Å². The molecule has 0 radical (unpaired) electrons. The fourth-order valence-electron chi connectivity index (χ4n) is 1.30. The lowest BCUT2D eigenvalue weighted by molar-refractivity contribution is 0.0827. The molecule has 2 N–H and O–H groups in total. The van der Waals surface area contributed by atoms with E-state index in [0.29, 0.717) is 5.56 Å². The minimum atomic E-state index is -0.745. The number of nitrogens with zero attached hydrogens (tertiary/aromatic N) is 1. The molecule has 0 saturated carbocycles. The molecule has 0 spiro atoms. The summed E-state index contributed by atoms with van der Waals surface area (Å²) in [5.74, 6) is -0.205.